The molecule has 2 aliphatic rings. The first kappa shape index (κ1) is 14.6. The first-order valence-electron chi connectivity index (χ1n) is 8.06. The number of aromatic nitrogens is 3. The van der Waals surface area contributed by atoms with Crippen LogP contribution in [0.3, 0.4) is 0 Å². The maximum Gasteiger partial charge on any atom is 0.288 e. The molecule has 8 heteroatoms. The van der Waals surface area contributed by atoms with Crippen LogP contribution < -0.4 is 15.8 Å². The van der Waals surface area contributed by atoms with E-state index in [4.69, 9.17) is 0 Å². The van der Waals surface area contributed by atoms with Crippen LogP contribution in [0.25, 0.3) is 4.96 Å². The predicted octanol–water partition coefficient (Wildman–Crippen LogP) is 1.28. The highest BCUT2D eigenvalue weighted by atomic mass is 32.1. The normalized spacial score (nSPS) is 21.6. The molecule has 0 bridgehead atoms. The molecule has 4 rings (SSSR count). The Balaban J connectivity index is 1.66. The maximum atomic E-state index is 12.5. The van der Waals surface area contributed by atoms with Crippen molar-refractivity contribution in [3.63, 3.8) is 0 Å². The van der Waals surface area contributed by atoms with E-state index in [0.29, 0.717) is 10.9 Å². The van der Waals surface area contributed by atoms with E-state index in [-0.39, 0.29) is 23.1 Å². The zero-order valence-electron chi connectivity index (χ0n) is 13.0. The second kappa shape index (κ2) is 5.59. The lowest BCUT2D eigenvalue weighted by molar-refractivity contribution is 0.0949. The Bertz CT molecular complexity index is 810. The molecule has 0 spiro atoms. The number of carbonyl (C=O) groups excluding carboxylic acids is 1. The maximum absolute atomic E-state index is 12.5. The van der Waals surface area contributed by atoms with E-state index in [1.165, 1.54) is 28.5 Å². The van der Waals surface area contributed by atoms with Gasteiger partial charge in [0.15, 0.2) is 0 Å². The van der Waals surface area contributed by atoms with Crippen LogP contribution in [0.4, 0.5) is 5.13 Å². The number of nitrogens with one attached hydrogen (secondary N) is 1. The Kier molecular flexibility index (Phi) is 3.56. The molecule has 23 heavy (non-hydrogen) atoms. The topological polar surface area (TPSA) is 79.6 Å². The van der Waals surface area contributed by atoms with Crippen LogP contribution in [0.15, 0.2) is 11.0 Å². The molecule has 0 aromatic carbocycles. The Labute approximate surface area is 137 Å². The molecule has 1 amide bonds. The lowest BCUT2D eigenvalue weighted by Gasteiger charge is -2.30. The summed E-state index contributed by atoms with van der Waals surface area (Å²) in [5.41, 5.74) is -0.320. The van der Waals surface area contributed by atoms with Gasteiger partial charge in [0.25, 0.3) is 11.5 Å². The summed E-state index contributed by atoms with van der Waals surface area (Å²) in [6.45, 7) is 4.13. The second-order valence-electron chi connectivity index (χ2n) is 6.50. The molecule has 0 unspecified atom stereocenters. The molecule has 2 aromatic heterocycles. The fraction of sp³-hybridized carbons (Fsp3) is 0.600. The highest BCUT2D eigenvalue weighted by Gasteiger charge is 2.26. The first-order valence-corrected chi connectivity index (χ1v) is 8.88. The minimum Gasteiger partial charge on any atom is -0.349 e. The van der Waals surface area contributed by atoms with Gasteiger partial charge in [0.2, 0.25) is 10.1 Å². The third-order valence-electron chi connectivity index (χ3n) is 4.36. The number of hydrogen-bond acceptors (Lipinski definition) is 6. The molecule has 2 aromatic rings. The molecule has 7 nitrogen and oxygen atoms in total. The highest BCUT2D eigenvalue weighted by molar-refractivity contribution is 7.20. The Morgan fingerprint density at radius 2 is 2.22 bits per heavy atom. The lowest BCUT2D eigenvalue weighted by atomic mass is 10.0. The SMILES string of the molecule is C[C@@H]1CCCN(c2nn3c(=O)c(C(=O)NC4CC4)cnc3s2)C1. The Hall–Kier alpha value is -1.96. The van der Waals surface area contributed by atoms with Gasteiger partial charge in [-0.2, -0.15) is 4.52 Å². The third kappa shape index (κ3) is 2.83. The monoisotopic (exact) mass is 333 g/mol. The van der Waals surface area contributed by atoms with Crippen molar-refractivity contribution in [3.05, 3.63) is 22.1 Å². The van der Waals surface area contributed by atoms with Gasteiger partial charge in [-0.05, 0) is 31.6 Å². The van der Waals surface area contributed by atoms with Crippen molar-refractivity contribution in [2.24, 2.45) is 5.92 Å². The molecule has 1 aliphatic heterocycles. The van der Waals surface area contributed by atoms with Crippen molar-refractivity contribution in [2.75, 3.05) is 18.0 Å². The van der Waals surface area contributed by atoms with Gasteiger partial charge < -0.3 is 10.2 Å². The highest BCUT2D eigenvalue weighted by Crippen LogP contribution is 2.26. The second-order valence-corrected chi connectivity index (χ2v) is 7.43. The molecule has 1 N–H and O–H groups in total. The van der Waals surface area contributed by atoms with Gasteiger partial charge in [0.1, 0.15) is 5.56 Å². The van der Waals surface area contributed by atoms with E-state index in [2.05, 4.69) is 27.2 Å². The summed E-state index contributed by atoms with van der Waals surface area (Å²) in [4.78, 5) is 31.6. The summed E-state index contributed by atoms with van der Waals surface area (Å²) in [5, 5.41) is 8.05. The minimum atomic E-state index is -0.388. The molecule has 1 atom stereocenters. The fourth-order valence-electron chi connectivity index (χ4n) is 2.91. The average Bonchev–Trinajstić information content (AvgIpc) is 3.22. The van der Waals surface area contributed by atoms with E-state index in [1.807, 2.05) is 0 Å². The average molecular weight is 333 g/mol. The number of carbonyl (C=O) groups is 1. The van der Waals surface area contributed by atoms with Gasteiger partial charge >= 0.3 is 0 Å². The van der Waals surface area contributed by atoms with Crippen molar-refractivity contribution in [3.8, 4) is 0 Å². The van der Waals surface area contributed by atoms with Gasteiger partial charge in [-0.25, -0.2) is 4.98 Å². The van der Waals surface area contributed by atoms with Crippen molar-refractivity contribution < 1.29 is 4.79 Å². The molecule has 1 saturated carbocycles. The molecule has 122 valence electrons. The van der Waals surface area contributed by atoms with Crippen LogP contribution in [0.1, 0.15) is 43.0 Å². The van der Waals surface area contributed by atoms with Crippen LogP contribution >= 0.6 is 11.3 Å². The first-order chi connectivity index (χ1) is 11.1. The Morgan fingerprint density at radius 1 is 1.39 bits per heavy atom. The number of piperidine rings is 1. The van der Waals surface area contributed by atoms with Crippen LogP contribution in [0, 0.1) is 5.92 Å². The van der Waals surface area contributed by atoms with Gasteiger partial charge in [-0.3, -0.25) is 9.59 Å². The van der Waals surface area contributed by atoms with Gasteiger partial charge in [-0.1, -0.05) is 18.3 Å². The van der Waals surface area contributed by atoms with E-state index in [1.54, 1.807) is 0 Å². The summed E-state index contributed by atoms with van der Waals surface area (Å²) >= 11 is 1.40. The third-order valence-corrected chi connectivity index (χ3v) is 5.34. The van der Waals surface area contributed by atoms with E-state index in [0.717, 1.165) is 37.5 Å². The number of fused-ring (bicyclic) bond motifs is 1. The summed E-state index contributed by atoms with van der Waals surface area (Å²) in [5.74, 6) is 0.279. The minimum absolute atomic E-state index is 0.0678. The van der Waals surface area contributed by atoms with E-state index >= 15 is 0 Å². The van der Waals surface area contributed by atoms with Crippen LogP contribution in [-0.2, 0) is 0 Å². The molecular formula is C15H19N5O2S. The molecule has 2 fully saturated rings. The molecule has 3 heterocycles. The van der Waals surface area contributed by atoms with E-state index in [9.17, 15) is 9.59 Å². The summed E-state index contributed by atoms with van der Waals surface area (Å²) in [6, 6.07) is 0.212. The fourth-order valence-corrected chi connectivity index (χ4v) is 3.81. The van der Waals surface area contributed by atoms with Gasteiger partial charge in [0, 0.05) is 25.3 Å². The van der Waals surface area contributed by atoms with Crippen molar-refractivity contribution >= 4 is 27.3 Å². The van der Waals surface area contributed by atoms with Crippen LogP contribution in [0.2, 0.25) is 0 Å². The van der Waals surface area contributed by atoms with Crippen LogP contribution in [0.5, 0.6) is 0 Å². The van der Waals surface area contributed by atoms with Gasteiger partial charge in [0.05, 0.1) is 0 Å². The molecular weight excluding hydrogens is 314 g/mol. The zero-order valence-corrected chi connectivity index (χ0v) is 13.8. The molecule has 1 aliphatic carbocycles. The lowest BCUT2D eigenvalue weighted by Crippen LogP contribution is -2.35. The van der Waals surface area contributed by atoms with Crippen molar-refractivity contribution in [1.29, 1.82) is 0 Å². The summed E-state index contributed by atoms with van der Waals surface area (Å²) < 4.78 is 1.26. The molecule has 1 saturated heterocycles. The largest absolute Gasteiger partial charge is 0.349 e. The number of hydrogen-bond donors (Lipinski definition) is 1. The number of nitrogens with zero attached hydrogens (tertiary/aromatic N) is 4. The number of rotatable bonds is 3. The number of anilines is 1. The van der Waals surface area contributed by atoms with Crippen molar-refractivity contribution in [2.45, 2.75) is 38.6 Å². The van der Waals surface area contributed by atoms with Crippen molar-refractivity contribution in [1.82, 2.24) is 19.9 Å². The standard InChI is InChI=1S/C15H19N5O2S/c1-9-3-2-6-19(8-9)15-18-20-13(22)11(7-16-14(20)23-15)12(21)17-10-4-5-10/h7,9-10H,2-6,8H2,1H3,(H,17,21)/t9-/m1/s1. The smallest absolute Gasteiger partial charge is 0.288 e. The molecule has 0 radical (unpaired) electrons. The number of amides is 1. The quantitative estimate of drug-likeness (QED) is 0.915. The summed E-state index contributed by atoms with van der Waals surface area (Å²) in [6.07, 6.45) is 5.70. The Morgan fingerprint density at radius 3 is 2.96 bits per heavy atom. The van der Waals surface area contributed by atoms with E-state index < -0.39 is 0 Å². The zero-order chi connectivity index (χ0) is 16.0. The van der Waals surface area contributed by atoms with Gasteiger partial charge in [-0.15, -0.1) is 5.10 Å². The summed E-state index contributed by atoms with van der Waals surface area (Å²) in [7, 11) is 0. The van der Waals surface area contributed by atoms with Crippen LogP contribution in [-0.4, -0.2) is 39.6 Å². The predicted molar refractivity (Wildman–Crippen MR) is 88.2 cm³/mol.